The zero-order valence-corrected chi connectivity index (χ0v) is 9.12. The van der Waals surface area contributed by atoms with Crippen LogP contribution in [-0.4, -0.2) is 37.8 Å². The molecule has 0 unspecified atom stereocenters. The van der Waals surface area contributed by atoms with E-state index in [4.69, 9.17) is 0 Å². The van der Waals surface area contributed by atoms with E-state index >= 15 is 0 Å². The molecule has 0 fully saturated rings. The van der Waals surface area contributed by atoms with Gasteiger partial charge in [0, 0.05) is 25.8 Å². The van der Waals surface area contributed by atoms with Crippen LogP contribution in [0.2, 0.25) is 0 Å². The molecule has 0 saturated carbocycles. The van der Waals surface area contributed by atoms with Gasteiger partial charge in [0.05, 0.1) is 0 Å². The smallest absolute Gasteiger partial charge is 0.0277 e. The van der Waals surface area contributed by atoms with Gasteiger partial charge in [0.2, 0.25) is 0 Å². The Morgan fingerprint density at radius 1 is 1.54 bits per heavy atom. The van der Waals surface area contributed by atoms with Crippen molar-refractivity contribution in [3.63, 3.8) is 0 Å². The lowest BCUT2D eigenvalue weighted by Gasteiger charge is -2.21. The van der Waals surface area contributed by atoms with Crippen molar-refractivity contribution in [2.24, 2.45) is 4.99 Å². The van der Waals surface area contributed by atoms with Crippen LogP contribution in [0.15, 0.2) is 29.3 Å². The molecule has 0 bridgehead atoms. The summed E-state index contributed by atoms with van der Waals surface area (Å²) in [6.45, 7) is 9.04. The summed E-state index contributed by atoms with van der Waals surface area (Å²) in [5, 5.41) is 0. The summed E-state index contributed by atoms with van der Waals surface area (Å²) in [6, 6.07) is 0.557. The molecule has 0 N–H and O–H groups in total. The van der Waals surface area contributed by atoms with Crippen LogP contribution in [0, 0.1) is 0 Å². The fourth-order valence-corrected chi connectivity index (χ4v) is 0.826. The van der Waals surface area contributed by atoms with Gasteiger partial charge in [-0.2, -0.15) is 0 Å². The zero-order valence-electron chi connectivity index (χ0n) is 9.12. The minimum absolute atomic E-state index is 0.557. The third kappa shape index (κ3) is 5.36. The van der Waals surface area contributed by atoms with Gasteiger partial charge in [0.15, 0.2) is 0 Å². The second-order valence-corrected chi connectivity index (χ2v) is 3.36. The summed E-state index contributed by atoms with van der Waals surface area (Å²) in [6.07, 6.45) is 5.66. The summed E-state index contributed by atoms with van der Waals surface area (Å²) in [5.41, 5.74) is 1.20. The number of hydrogen-bond donors (Lipinski definition) is 0. The van der Waals surface area contributed by atoms with E-state index in [0.29, 0.717) is 6.04 Å². The monoisotopic (exact) mass is 180 g/mol. The first kappa shape index (κ1) is 12.1. The van der Waals surface area contributed by atoms with Gasteiger partial charge in [-0.1, -0.05) is 12.7 Å². The third-order valence-corrected chi connectivity index (χ3v) is 2.01. The molecule has 0 aromatic carbocycles. The first-order valence-electron chi connectivity index (χ1n) is 4.55. The number of allylic oxidation sites excluding steroid dienone is 1. The summed E-state index contributed by atoms with van der Waals surface area (Å²) in [4.78, 5) is 6.17. The molecule has 0 amide bonds. The molecule has 0 aromatic heterocycles. The van der Waals surface area contributed by atoms with Crippen molar-refractivity contribution in [3.8, 4) is 0 Å². The van der Waals surface area contributed by atoms with Crippen LogP contribution >= 0.6 is 0 Å². The molecule has 0 rings (SSSR count). The Kier molecular flexibility index (Phi) is 6.15. The number of hydrogen-bond acceptors (Lipinski definition) is 2. The molecule has 0 atom stereocenters. The third-order valence-electron chi connectivity index (χ3n) is 2.01. The lowest BCUT2D eigenvalue weighted by atomic mass is 10.2. The summed E-state index contributed by atoms with van der Waals surface area (Å²) < 4.78 is 0. The Morgan fingerprint density at radius 3 is 2.54 bits per heavy atom. The van der Waals surface area contributed by atoms with Gasteiger partial charge in [0.1, 0.15) is 0 Å². The number of nitrogens with zero attached hydrogens (tertiary/aromatic N) is 2. The second kappa shape index (κ2) is 6.61. The van der Waals surface area contributed by atoms with E-state index in [1.165, 1.54) is 5.57 Å². The van der Waals surface area contributed by atoms with Gasteiger partial charge < -0.3 is 0 Å². The molecule has 0 heterocycles. The Labute approximate surface area is 81.7 Å². The maximum absolute atomic E-state index is 3.91. The molecule has 74 valence electrons. The van der Waals surface area contributed by atoms with Crippen molar-refractivity contribution in [3.05, 3.63) is 24.3 Å². The van der Waals surface area contributed by atoms with Crippen LogP contribution in [0.5, 0.6) is 0 Å². The van der Waals surface area contributed by atoms with Crippen LogP contribution in [0.3, 0.4) is 0 Å². The van der Waals surface area contributed by atoms with Gasteiger partial charge in [-0.15, -0.1) is 0 Å². The van der Waals surface area contributed by atoms with Crippen LogP contribution in [0.25, 0.3) is 0 Å². The fraction of sp³-hybridized carbons (Fsp3) is 0.545. The molecular weight excluding hydrogens is 160 g/mol. The number of likely N-dealkylation sites (N-methyl/N-ethyl adjacent to an activating group) is 1. The summed E-state index contributed by atoms with van der Waals surface area (Å²) in [5.74, 6) is 0. The average molecular weight is 180 g/mol. The van der Waals surface area contributed by atoms with Gasteiger partial charge in [-0.3, -0.25) is 9.89 Å². The van der Waals surface area contributed by atoms with E-state index in [1.54, 1.807) is 13.3 Å². The SMILES string of the molecule is C=C/C(=C\C=NC)CN(C)C(C)C. The molecule has 2 nitrogen and oxygen atoms in total. The Hall–Kier alpha value is -0.890. The largest absolute Gasteiger partial charge is 0.300 e. The Morgan fingerprint density at radius 2 is 2.15 bits per heavy atom. The van der Waals surface area contributed by atoms with Gasteiger partial charge in [0.25, 0.3) is 0 Å². The molecule has 0 saturated heterocycles. The molecule has 0 aromatic rings. The molecule has 0 radical (unpaired) electrons. The summed E-state index contributed by atoms with van der Waals surface area (Å²) in [7, 11) is 3.87. The normalized spacial score (nSPS) is 13.2. The molecule has 2 heteroatoms. The van der Waals surface area contributed by atoms with Gasteiger partial charge in [-0.25, -0.2) is 0 Å². The van der Waals surface area contributed by atoms with Crippen molar-refractivity contribution in [2.75, 3.05) is 20.6 Å². The number of aliphatic imine (C=N–C) groups is 1. The van der Waals surface area contributed by atoms with Crippen LogP contribution in [0.1, 0.15) is 13.8 Å². The maximum Gasteiger partial charge on any atom is 0.0277 e. The van der Waals surface area contributed by atoms with E-state index in [1.807, 2.05) is 12.2 Å². The van der Waals surface area contributed by atoms with Crippen molar-refractivity contribution in [1.29, 1.82) is 0 Å². The standard InChI is InChI=1S/C11H20N2/c1-6-11(7-8-12-4)9-13(5)10(2)3/h6-8,10H,1,9H2,2-5H3/b11-7+,12-8?. The van der Waals surface area contributed by atoms with Crippen LogP contribution < -0.4 is 0 Å². The molecular formula is C11H20N2. The highest BCUT2D eigenvalue weighted by Crippen LogP contribution is 2.01. The molecule has 13 heavy (non-hydrogen) atoms. The van der Waals surface area contributed by atoms with Gasteiger partial charge >= 0.3 is 0 Å². The minimum Gasteiger partial charge on any atom is -0.300 e. The highest BCUT2D eigenvalue weighted by atomic mass is 15.1. The van der Waals surface area contributed by atoms with Crippen LogP contribution in [0.4, 0.5) is 0 Å². The minimum atomic E-state index is 0.557. The van der Waals surface area contributed by atoms with E-state index in [2.05, 4.69) is 37.4 Å². The average Bonchev–Trinajstić information content (AvgIpc) is 2.11. The van der Waals surface area contributed by atoms with E-state index in [0.717, 1.165) is 6.54 Å². The highest BCUT2D eigenvalue weighted by molar-refractivity contribution is 5.72. The number of rotatable bonds is 5. The van der Waals surface area contributed by atoms with Crippen molar-refractivity contribution < 1.29 is 0 Å². The molecule has 0 spiro atoms. The van der Waals surface area contributed by atoms with E-state index in [9.17, 15) is 0 Å². The fourth-order valence-electron chi connectivity index (χ4n) is 0.826. The predicted octanol–water partition coefficient (Wildman–Crippen LogP) is 2.14. The quantitative estimate of drug-likeness (QED) is 0.467. The molecule has 0 aliphatic heterocycles. The van der Waals surface area contributed by atoms with Crippen molar-refractivity contribution in [2.45, 2.75) is 19.9 Å². The lowest BCUT2D eigenvalue weighted by Crippen LogP contribution is -2.28. The molecule has 0 aliphatic rings. The molecule has 0 aliphatic carbocycles. The second-order valence-electron chi connectivity index (χ2n) is 3.36. The maximum atomic E-state index is 3.91. The van der Waals surface area contributed by atoms with Gasteiger partial charge in [-0.05, 0) is 32.5 Å². The Balaban J connectivity index is 4.20. The van der Waals surface area contributed by atoms with Crippen molar-refractivity contribution in [1.82, 2.24) is 4.90 Å². The first-order chi connectivity index (χ1) is 6.11. The topological polar surface area (TPSA) is 15.6 Å². The Bertz CT molecular complexity index is 202. The summed E-state index contributed by atoms with van der Waals surface area (Å²) >= 11 is 0. The zero-order chi connectivity index (χ0) is 10.3. The first-order valence-corrected chi connectivity index (χ1v) is 4.55. The van der Waals surface area contributed by atoms with Crippen LogP contribution in [-0.2, 0) is 0 Å². The van der Waals surface area contributed by atoms with E-state index in [-0.39, 0.29) is 0 Å². The van der Waals surface area contributed by atoms with Crippen molar-refractivity contribution >= 4 is 6.21 Å². The van der Waals surface area contributed by atoms with E-state index < -0.39 is 0 Å². The predicted molar refractivity (Wildman–Crippen MR) is 60.5 cm³/mol. The lowest BCUT2D eigenvalue weighted by molar-refractivity contribution is 0.299. The highest BCUT2D eigenvalue weighted by Gasteiger charge is 2.03.